The molecule has 1 atom stereocenters. The topological polar surface area (TPSA) is 56.8 Å². The zero-order valence-corrected chi connectivity index (χ0v) is 13.4. The van der Waals surface area contributed by atoms with Gasteiger partial charge in [0.1, 0.15) is 18.5 Å². The fourth-order valence-corrected chi connectivity index (χ4v) is 1.74. The maximum atomic E-state index is 12.1. The Morgan fingerprint density at radius 3 is 2.78 bits per heavy atom. The summed E-state index contributed by atoms with van der Waals surface area (Å²) in [5.41, 5.74) is 0.756. The van der Waals surface area contributed by atoms with Crippen LogP contribution in [0.4, 0.5) is 8.78 Å². The van der Waals surface area contributed by atoms with Gasteiger partial charge in [0.2, 0.25) is 5.91 Å². The Morgan fingerprint density at radius 1 is 1.30 bits per heavy atom. The lowest BCUT2D eigenvalue weighted by atomic mass is 10.2. The summed E-state index contributed by atoms with van der Waals surface area (Å²) in [5.74, 6) is 0.0958. The number of hydrogen-bond acceptors (Lipinski definition) is 4. The van der Waals surface area contributed by atoms with E-state index >= 15 is 0 Å². The molecule has 130 valence electrons. The average molecular weight is 331 g/mol. The Balaban J connectivity index is 2.35. The lowest BCUT2D eigenvalue weighted by Crippen LogP contribution is -2.34. The number of carbonyl (C=O) groups excluding carboxylic acids is 1. The Hall–Kier alpha value is -1.73. The average Bonchev–Trinajstić information content (AvgIpc) is 2.55. The second-order valence-corrected chi connectivity index (χ2v) is 4.78. The van der Waals surface area contributed by atoms with Crippen LogP contribution in [0.15, 0.2) is 24.3 Å². The number of hydrogen-bond donors (Lipinski definition) is 1. The smallest absolute Gasteiger partial charge is 0.272 e. The highest BCUT2D eigenvalue weighted by atomic mass is 19.3. The number of benzene rings is 1. The van der Waals surface area contributed by atoms with Crippen LogP contribution < -0.4 is 10.1 Å². The molecule has 0 aromatic heterocycles. The van der Waals surface area contributed by atoms with Crippen molar-refractivity contribution >= 4 is 5.91 Å². The molecule has 1 N–H and O–H groups in total. The summed E-state index contributed by atoms with van der Waals surface area (Å²) < 4.78 is 39.6. The number of carbonyl (C=O) groups is 1. The summed E-state index contributed by atoms with van der Waals surface area (Å²) in [7, 11) is 0. The van der Waals surface area contributed by atoms with Crippen molar-refractivity contribution in [2.24, 2.45) is 0 Å². The Labute approximate surface area is 134 Å². The fraction of sp³-hybridized carbons (Fsp3) is 0.562. The molecule has 0 saturated heterocycles. The van der Waals surface area contributed by atoms with Gasteiger partial charge in [-0.25, -0.2) is 8.78 Å². The van der Waals surface area contributed by atoms with Crippen LogP contribution >= 0.6 is 0 Å². The third-order valence-electron chi connectivity index (χ3n) is 2.91. The molecule has 0 aliphatic carbocycles. The molecule has 0 fully saturated rings. The van der Waals surface area contributed by atoms with Gasteiger partial charge in [-0.15, -0.1) is 0 Å². The van der Waals surface area contributed by atoms with E-state index < -0.39 is 19.1 Å². The standard InChI is InChI=1S/C16H23F2NO4/c1-3-21-7-8-22-12(2)16(20)19-10-13-5-4-6-14(9-13)23-11-15(17)18/h4-6,9,12,15H,3,7-8,10-11H2,1-2H3,(H,19,20)/t12-/m1/s1. The van der Waals surface area contributed by atoms with Crippen molar-refractivity contribution in [2.75, 3.05) is 26.4 Å². The first-order valence-electron chi connectivity index (χ1n) is 7.49. The normalized spacial score (nSPS) is 12.2. The van der Waals surface area contributed by atoms with Crippen LogP contribution in [0.2, 0.25) is 0 Å². The van der Waals surface area contributed by atoms with Gasteiger partial charge in [0.05, 0.1) is 13.2 Å². The van der Waals surface area contributed by atoms with Crippen molar-refractivity contribution in [3.8, 4) is 5.75 Å². The number of rotatable bonds is 11. The van der Waals surface area contributed by atoms with Crippen LogP contribution in [0.3, 0.4) is 0 Å². The molecule has 0 heterocycles. The number of alkyl halides is 2. The number of amides is 1. The molecule has 0 unspecified atom stereocenters. The summed E-state index contributed by atoms with van der Waals surface area (Å²) in [6, 6.07) is 6.66. The predicted octanol–water partition coefficient (Wildman–Crippen LogP) is 2.39. The fourth-order valence-electron chi connectivity index (χ4n) is 1.74. The molecule has 0 bridgehead atoms. The van der Waals surface area contributed by atoms with Crippen molar-refractivity contribution in [1.82, 2.24) is 5.32 Å². The highest BCUT2D eigenvalue weighted by molar-refractivity contribution is 5.80. The summed E-state index contributed by atoms with van der Waals surface area (Å²) in [6.07, 6.45) is -3.11. The number of ether oxygens (including phenoxy) is 3. The van der Waals surface area contributed by atoms with E-state index in [2.05, 4.69) is 5.32 Å². The van der Waals surface area contributed by atoms with Gasteiger partial charge in [-0.2, -0.15) is 0 Å². The molecule has 0 spiro atoms. The van der Waals surface area contributed by atoms with Crippen LogP contribution in [-0.4, -0.2) is 44.9 Å². The van der Waals surface area contributed by atoms with Crippen LogP contribution in [-0.2, 0) is 20.8 Å². The molecule has 0 radical (unpaired) electrons. The van der Waals surface area contributed by atoms with E-state index in [1.165, 1.54) is 0 Å². The molecule has 23 heavy (non-hydrogen) atoms. The second kappa shape index (κ2) is 10.9. The molecular weight excluding hydrogens is 308 g/mol. The van der Waals surface area contributed by atoms with Crippen molar-refractivity contribution < 1.29 is 27.8 Å². The van der Waals surface area contributed by atoms with Gasteiger partial charge in [0, 0.05) is 13.2 Å². The van der Waals surface area contributed by atoms with E-state index in [-0.39, 0.29) is 12.5 Å². The monoisotopic (exact) mass is 331 g/mol. The first kappa shape index (κ1) is 19.3. The van der Waals surface area contributed by atoms with E-state index in [9.17, 15) is 13.6 Å². The highest BCUT2D eigenvalue weighted by Gasteiger charge is 2.12. The minimum Gasteiger partial charge on any atom is -0.488 e. The first-order chi connectivity index (χ1) is 11.0. The Kier molecular flexibility index (Phi) is 9.16. The first-order valence-corrected chi connectivity index (χ1v) is 7.49. The lowest BCUT2D eigenvalue weighted by molar-refractivity contribution is -0.132. The molecule has 1 aromatic rings. The molecule has 0 saturated carbocycles. The molecule has 0 aliphatic rings. The summed E-state index contributed by atoms with van der Waals surface area (Å²) in [5, 5.41) is 2.72. The van der Waals surface area contributed by atoms with E-state index in [0.717, 1.165) is 5.56 Å². The lowest BCUT2D eigenvalue weighted by Gasteiger charge is -2.14. The quantitative estimate of drug-likeness (QED) is 0.633. The van der Waals surface area contributed by atoms with Crippen molar-refractivity contribution in [3.63, 3.8) is 0 Å². The predicted molar refractivity (Wildman–Crippen MR) is 81.7 cm³/mol. The van der Waals surface area contributed by atoms with Gasteiger partial charge in [0.15, 0.2) is 0 Å². The van der Waals surface area contributed by atoms with Crippen molar-refractivity contribution in [2.45, 2.75) is 32.9 Å². The van der Waals surface area contributed by atoms with E-state index in [1.807, 2.05) is 6.92 Å². The van der Waals surface area contributed by atoms with E-state index in [1.54, 1.807) is 31.2 Å². The van der Waals surface area contributed by atoms with Gasteiger partial charge in [-0.1, -0.05) is 12.1 Å². The van der Waals surface area contributed by atoms with Crippen molar-refractivity contribution in [1.29, 1.82) is 0 Å². The third kappa shape index (κ3) is 8.47. The van der Waals surface area contributed by atoms with Crippen LogP contribution in [0, 0.1) is 0 Å². The summed E-state index contributed by atoms with van der Waals surface area (Å²) in [6.45, 7) is 4.55. The van der Waals surface area contributed by atoms with E-state index in [0.29, 0.717) is 25.6 Å². The van der Waals surface area contributed by atoms with Gasteiger partial charge in [-0.3, -0.25) is 4.79 Å². The SMILES string of the molecule is CCOCCO[C@H](C)C(=O)NCc1cccc(OCC(F)F)c1. The van der Waals surface area contributed by atoms with Crippen molar-refractivity contribution in [3.05, 3.63) is 29.8 Å². The Morgan fingerprint density at radius 2 is 2.09 bits per heavy atom. The second-order valence-electron chi connectivity index (χ2n) is 4.78. The minimum absolute atomic E-state index is 0.250. The largest absolute Gasteiger partial charge is 0.488 e. The maximum absolute atomic E-state index is 12.1. The van der Waals surface area contributed by atoms with E-state index in [4.69, 9.17) is 14.2 Å². The Bertz CT molecular complexity index is 471. The van der Waals surface area contributed by atoms with Gasteiger partial charge < -0.3 is 19.5 Å². The highest BCUT2D eigenvalue weighted by Crippen LogP contribution is 2.14. The third-order valence-corrected chi connectivity index (χ3v) is 2.91. The molecule has 1 aromatic carbocycles. The van der Waals surface area contributed by atoms with Crippen LogP contribution in [0.1, 0.15) is 19.4 Å². The van der Waals surface area contributed by atoms with Gasteiger partial charge in [0.25, 0.3) is 6.43 Å². The maximum Gasteiger partial charge on any atom is 0.272 e. The zero-order chi connectivity index (χ0) is 17.1. The van der Waals surface area contributed by atoms with Crippen LogP contribution in [0.25, 0.3) is 0 Å². The zero-order valence-electron chi connectivity index (χ0n) is 13.4. The molecule has 0 aliphatic heterocycles. The van der Waals surface area contributed by atoms with Crippen LogP contribution in [0.5, 0.6) is 5.75 Å². The summed E-state index contributed by atoms with van der Waals surface area (Å²) in [4.78, 5) is 11.9. The van der Waals surface area contributed by atoms with Gasteiger partial charge >= 0.3 is 0 Å². The number of halogens is 2. The molecule has 1 rings (SSSR count). The molecule has 7 heteroatoms. The molecular formula is C16H23F2NO4. The minimum atomic E-state index is -2.52. The number of nitrogens with one attached hydrogen (secondary N) is 1. The molecule has 5 nitrogen and oxygen atoms in total. The van der Waals surface area contributed by atoms with Gasteiger partial charge in [-0.05, 0) is 31.5 Å². The molecule has 1 amide bonds. The summed E-state index contributed by atoms with van der Waals surface area (Å²) >= 11 is 0.